The van der Waals surface area contributed by atoms with E-state index in [1.54, 1.807) is 12.1 Å². The van der Waals surface area contributed by atoms with Crippen molar-refractivity contribution in [2.75, 3.05) is 0 Å². The summed E-state index contributed by atoms with van der Waals surface area (Å²) >= 11 is 0. The van der Waals surface area contributed by atoms with Crippen LogP contribution in [-0.2, 0) is 0 Å². The predicted molar refractivity (Wildman–Crippen MR) is 99.4 cm³/mol. The molecule has 2 heteroatoms. The Hall–Kier alpha value is -2.22. The Kier molecular flexibility index (Phi) is 3.50. The summed E-state index contributed by atoms with van der Waals surface area (Å²) < 4.78 is 27.8. The minimum absolute atomic E-state index is 0.112. The Labute approximate surface area is 147 Å². The number of hydrogen-bond donors (Lipinski definition) is 0. The minimum atomic E-state index is -0.201. The van der Waals surface area contributed by atoms with Crippen LogP contribution >= 0.6 is 0 Å². The van der Waals surface area contributed by atoms with Crippen molar-refractivity contribution >= 4 is 12.2 Å². The number of halogens is 2. The van der Waals surface area contributed by atoms with Crippen molar-refractivity contribution in [1.82, 2.24) is 0 Å². The van der Waals surface area contributed by atoms with E-state index in [0.29, 0.717) is 0 Å². The average Bonchev–Trinajstić information content (AvgIpc) is 3.02. The maximum Gasteiger partial charge on any atom is 0.123 e. The van der Waals surface area contributed by atoms with E-state index < -0.39 is 0 Å². The molecule has 2 aliphatic carbocycles. The fraction of sp³-hybridized carbons (Fsp3) is 0.304. The molecule has 4 rings (SSSR count). The molecule has 0 heterocycles. The topological polar surface area (TPSA) is 0 Å². The summed E-state index contributed by atoms with van der Waals surface area (Å²) in [6.07, 6.45) is 4.31. The standard InChI is InChI=1S/C23H22F2/c1-13-9-15-5-7-17(24)11-19(15)21(13)23(3,4)22-14(2)10-16-6-8-18(25)12-20(16)22/h5-12,21-22H,1-4H3. The fourth-order valence-electron chi connectivity index (χ4n) is 5.14. The molecule has 128 valence electrons. The summed E-state index contributed by atoms with van der Waals surface area (Å²) in [6.45, 7) is 8.67. The number of rotatable bonds is 2. The van der Waals surface area contributed by atoms with Gasteiger partial charge in [-0.2, -0.15) is 0 Å². The van der Waals surface area contributed by atoms with Crippen LogP contribution in [0.15, 0.2) is 47.5 Å². The summed E-state index contributed by atoms with van der Waals surface area (Å²) in [5.74, 6) is -0.179. The molecule has 2 aliphatic rings. The largest absolute Gasteiger partial charge is 0.207 e. The Bertz CT molecular complexity index is 856. The second kappa shape index (κ2) is 5.39. The molecule has 0 aliphatic heterocycles. The lowest BCUT2D eigenvalue weighted by Gasteiger charge is -2.40. The lowest BCUT2D eigenvalue weighted by molar-refractivity contribution is 0.274. The van der Waals surface area contributed by atoms with Gasteiger partial charge in [-0.3, -0.25) is 0 Å². The highest BCUT2D eigenvalue weighted by Gasteiger charge is 2.45. The van der Waals surface area contributed by atoms with Gasteiger partial charge in [0.15, 0.2) is 0 Å². The van der Waals surface area contributed by atoms with Gasteiger partial charge in [-0.05, 0) is 65.8 Å². The quantitative estimate of drug-likeness (QED) is 0.573. The van der Waals surface area contributed by atoms with Gasteiger partial charge in [0.05, 0.1) is 0 Å². The monoisotopic (exact) mass is 336 g/mol. The van der Waals surface area contributed by atoms with E-state index in [4.69, 9.17) is 0 Å². The molecular formula is C23H22F2. The summed E-state index contributed by atoms with van der Waals surface area (Å²) in [5.41, 5.74) is 6.55. The first-order chi connectivity index (χ1) is 11.8. The Morgan fingerprint density at radius 2 is 1.12 bits per heavy atom. The van der Waals surface area contributed by atoms with Crippen molar-refractivity contribution in [2.45, 2.75) is 39.5 Å². The van der Waals surface area contributed by atoms with Crippen molar-refractivity contribution < 1.29 is 8.78 Å². The van der Waals surface area contributed by atoms with E-state index in [0.717, 1.165) is 22.3 Å². The Morgan fingerprint density at radius 1 is 0.720 bits per heavy atom. The van der Waals surface area contributed by atoms with Gasteiger partial charge in [-0.15, -0.1) is 0 Å². The first-order valence-electron chi connectivity index (χ1n) is 8.74. The van der Waals surface area contributed by atoms with Crippen molar-refractivity contribution in [1.29, 1.82) is 0 Å². The van der Waals surface area contributed by atoms with Gasteiger partial charge >= 0.3 is 0 Å². The molecule has 0 saturated carbocycles. The molecule has 2 unspecified atom stereocenters. The molecule has 2 aromatic rings. The van der Waals surface area contributed by atoms with E-state index in [1.165, 1.54) is 23.3 Å². The van der Waals surface area contributed by atoms with Crippen molar-refractivity contribution in [3.05, 3.63) is 81.4 Å². The van der Waals surface area contributed by atoms with Crippen LogP contribution in [0.5, 0.6) is 0 Å². The molecule has 2 aromatic carbocycles. The Balaban J connectivity index is 1.85. The lowest BCUT2D eigenvalue weighted by Crippen LogP contribution is -2.29. The van der Waals surface area contributed by atoms with Crippen LogP contribution in [0.1, 0.15) is 61.8 Å². The molecule has 0 aromatic heterocycles. The molecule has 0 bridgehead atoms. The van der Waals surface area contributed by atoms with Gasteiger partial charge in [0.25, 0.3) is 0 Å². The molecular weight excluding hydrogens is 314 g/mol. The van der Waals surface area contributed by atoms with E-state index in [2.05, 4.69) is 39.8 Å². The molecule has 2 atom stereocenters. The first-order valence-corrected chi connectivity index (χ1v) is 8.74. The molecule has 0 fully saturated rings. The average molecular weight is 336 g/mol. The van der Waals surface area contributed by atoms with E-state index in [-0.39, 0.29) is 28.9 Å². The SMILES string of the molecule is CC1=Cc2ccc(F)cc2C1C(C)(C)C1C(C)=Cc2ccc(F)cc21. The zero-order valence-electron chi connectivity index (χ0n) is 15.0. The second-order valence-electron chi connectivity index (χ2n) is 8.01. The number of fused-ring (bicyclic) bond motifs is 2. The number of benzene rings is 2. The summed E-state index contributed by atoms with van der Waals surface area (Å²) in [5, 5.41) is 0. The highest BCUT2D eigenvalue weighted by molar-refractivity contribution is 5.70. The highest BCUT2D eigenvalue weighted by Crippen LogP contribution is 2.58. The highest BCUT2D eigenvalue weighted by atomic mass is 19.1. The summed E-state index contributed by atoms with van der Waals surface area (Å²) in [7, 11) is 0. The van der Waals surface area contributed by atoms with Crippen molar-refractivity contribution in [2.24, 2.45) is 5.41 Å². The summed E-state index contributed by atoms with van der Waals surface area (Å²) in [4.78, 5) is 0. The third-order valence-corrected chi connectivity index (χ3v) is 5.88. The number of allylic oxidation sites excluding steroid dienone is 2. The maximum atomic E-state index is 13.9. The van der Waals surface area contributed by atoms with Crippen LogP contribution < -0.4 is 0 Å². The van der Waals surface area contributed by atoms with Gasteiger partial charge in [-0.1, -0.05) is 49.3 Å². The first kappa shape index (κ1) is 16.3. The smallest absolute Gasteiger partial charge is 0.123 e. The molecule has 0 N–H and O–H groups in total. The third kappa shape index (κ3) is 2.38. The van der Waals surface area contributed by atoms with Gasteiger partial charge < -0.3 is 0 Å². The normalized spacial score (nSPS) is 21.7. The Morgan fingerprint density at radius 3 is 1.52 bits per heavy atom. The molecule has 25 heavy (non-hydrogen) atoms. The van der Waals surface area contributed by atoms with Crippen LogP contribution in [-0.4, -0.2) is 0 Å². The van der Waals surface area contributed by atoms with E-state index in [1.807, 2.05) is 12.1 Å². The van der Waals surface area contributed by atoms with Crippen LogP contribution in [0, 0.1) is 17.0 Å². The van der Waals surface area contributed by atoms with Crippen LogP contribution in [0.2, 0.25) is 0 Å². The predicted octanol–water partition coefficient (Wildman–Crippen LogP) is 6.69. The molecule has 0 amide bonds. The van der Waals surface area contributed by atoms with E-state index in [9.17, 15) is 8.78 Å². The van der Waals surface area contributed by atoms with Crippen LogP contribution in [0.25, 0.3) is 12.2 Å². The second-order valence-corrected chi connectivity index (χ2v) is 8.01. The third-order valence-electron chi connectivity index (χ3n) is 5.88. The van der Waals surface area contributed by atoms with Crippen molar-refractivity contribution in [3.63, 3.8) is 0 Å². The van der Waals surface area contributed by atoms with Gasteiger partial charge in [0.1, 0.15) is 11.6 Å². The van der Waals surface area contributed by atoms with Gasteiger partial charge in [-0.25, -0.2) is 8.78 Å². The van der Waals surface area contributed by atoms with E-state index >= 15 is 0 Å². The van der Waals surface area contributed by atoms with Crippen LogP contribution in [0.4, 0.5) is 8.78 Å². The van der Waals surface area contributed by atoms with Gasteiger partial charge in [0, 0.05) is 11.8 Å². The lowest BCUT2D eigenvalue weighted by atomic mass is 9.62. The van der Waals surface area contributed by atoms with Gasteiger partial charge in [0.2, 0.25) is 0 Å². The zero-order chi connectivity index (χ0) is 17.9. The maximum absolute atomic E-state index is 13.9. The zero-order valence-corrected chi connectivity index (χ0v) is 15.0. The minimum Gasteiger partial charge on any atom is -0.207 e. The van der Waals surface area contributed by atoms with Crippen molar-refractivity contribution in [3.8, 4) is 0 Å². The van der Waals surface area contributed by atoms with Crippen LogP contribution in [0.3, 0.4) is 0 Å². The molecule has 0 radical (unpaired) electrons. The molecule has 0 spiro atoms. The number of hydrogen-bond acceptors (Lipinski definition) is 0. The molecule has 0 saturated heterocycles. The fourth-order valence-corrected chi connectivity index (χ4v) is 5.14. The molecule has 0 nitrogen and oxygen atoms in total. The summed E-state index contributed by atoms with van der Waals surface area (Å²) in [6, 6.07) is 10.1.